The highest BCUT2D eigenvalue weighted by Crippen LogP contribution is 2.36. The van der Waals surface area contributed by atoms with Crippen LogP contribution in [0.1, 0.15) is 34.8 Å². The van der Waals surface area contributed by atoms with Crippen LogP contribution < -0.4 is 16.0 Å². The molecule has 9 nitrogen and oxygen atoms in total. The number of aliphatic imine (C=N–C) groups is 1. The number of carbonyl (C=O) groups excluding carboxylic acids is 2. The number of amides is 2. The minimum absolute atomic E-state index is 0.0491. The summed E-state index contributed by atoms with van der Waals surface area (Å²) in [4.78, 5) is 37.7. The largest absolute Gasteiger partial charge is 0.418 e. The van der Waals surface area contributed by atoms with E-state index in [-0.39, 0.29) is 30.3 Å². The lowest BCUT2D eigenvalue weighted by Crippen LogP contribution is -2.42. The second kappa shape index (κ2) is 12.2. The van der Waals surface area contributed by atoms with Crippen LogP contribution in [-0.4, -0.2) is 47.8 Å². The number of alkyl halides is 3. The van der Waals surface area contributed by atoms with Crippen molar-refractivity contribution in [3.8, 4) is 0 Å². The first kappa shape index (κ1) is 28.6. The van der Waals surface area contributed by atoms with Gasteiger partial charge in [-0.15, -0.1) is 0 Å². The molecule has 0 saturated carbocycles. The molecule has 2 amide bonds. The highest BCUT2D eigenvalue weighted by molar-refractivity contribution is 6.05. The second-order valence-electron chi connectivity index (χ2n) is 9.04. The molecule has 1 atom stereocenters. The topological polar surface area (TPSA) is 118 Å². The molecule has 1 saturated heterocycles. The van der Waals surface area contributed by atoms with E-state index in [1.54, 1.807) is 24.3 Å². The van der Waals surface area contributed by atoms with Crippen LogP contribution in [0.4, 0.5) is 34.9 Å². The molecule has 0 radical (unpaired) electrons. The van der Waals surface area contributed by atoms with Crippen molar-refractivity contribution in [1.82, 2.24) is 15.3 Å². The number of aromatic nitrogens is 2. The Hall–Kier alpha value is -4.39. The van der Waals surface area contributed by atoms with Gasteiger partial charge in [-0.3, -0.25) is 9.59 Å². The van der Waals surface area contributed by atoms with Gasteiger partial charge in [0.2, 0.25) is 11.9 Å². The number of ether oxygens (including phenoxy) is 1. The summed E-state index contributed by atoms with van der Waals surface area (Å²) < 4.78 is 58.6. The molecular weight excluding hydrogens is 532 g/mol. The van der Waals surface area contributed by atoms with E-state index < -0.39 is 28.9 Å². The van der Waals surface area contributed by atoms with Crippen LogP contribution in [0, 0.1) is 11.2 Å². The maximum absolute atomic E-state index is 13.4. The van der Waals surface area contributed by atoms with E-state index in [0.29, 0.717) is 42.8 Å². The van der Waals surface area contributed by atoms with Crippen LogP contribution in [0.25, 0.3) is 0 Å². The van der Waals surface area contributed by atoms with Crippen molar-refractivity contribution in [3.05, 3.63) is 77.4 Å². The van der Waals surface area contributed by atoms with Gasteiger partial charge in [-0.2, -0.15) is 13.2 Å². The van der Waals surface area contributed by atoms with E-state index in [1.807, 2.05) is 6.92 Å². The van der Waals surface area contributed by atoms with Crippen molar-refractivity contribution in [2.45, 2.75) is 26.1 Å². The summed E-state index contributed by atoms with van der Waals surface area (Å²) in [6, 6.07) is 8.74. The van der Waals surface area contributed by atoms with Gasteiger partial charge in [0.15, 0.2) is 0 Å². The highest BCUT2D eigenvalue weighted by Gasteiger charge is 2.41. The lowest BCUT2D eigenvalue weighted by molar-refractivity contribution is -0.137. The molecule has 4 rings (SSSR count). The quantitative estimate of drug-likeness (QED) is 0.256. The Morgan fingerprint density at radius 2 is 1.85 bits per heavy atom. The molecular formula is C27H26F4N6O3. The van der Waals surface area contributed by atoms with Crippen LogP contribution in [-0.2, 0) is 22.3 Å². The molecule has 0 spiro atoms. The molecule has 3 N–H and O–H groups in total. The van der Waals surface area contributed by atoms with Gasteiger partial charge >= 0.3 is 6.18 Å². The summed E-state index contributed by atoms with van der Waals surface area (Å²) >= 11 is 0. The lowest BCUT2D eigenvalue weighted by atomic mass is 9.87. The standard InChI is InChI=1S/C27H26F4N6O3/c1-2-32-25-34-13-18(14-35-25)23(38)36-15-26(9-10-40-16-26)24(39)33-12-17-3-6-20(7-4-17)37-22-8-5-19(28)11-21(22)27(29,30)31/h3-8,11,13-15,37H,2,9-10,12,16H2,1H3,(H,33,39)(H,32,34,35)/t26-/m0/s1. The number of nitrogens with one attached hydrogen (secondary N) is 3. The first-order chi connectivity index (χ1) is 19.1. The number of rotatable bonds is 9. The fraction of sp³-hybridized carbons (Fsp3) is 0.296. The fourth-order valence-corrected chi connectivity index (χ4v) is 3.94. The smallest absolute Gasteiger partial charge is 0.380 e. The van der Waals surface area contributed by atoms with Crippen LogP contribution >= 0.6 is 0 Å². The Bertz CT molecular complexity index is 1370. The third kappa shape index (κ3) is 6.97. The third-order valence-corrected chi connectivity index (χ3v) is 6.14. The normalized spacial score (nSPS) is 17.1. The third-order valence-electron chi connectivity index (χ3n) is 6.14. The molecule has 1 aliphatic rings. The Kier molecular flexibility index (Phi) is 8.73. The number of hydrogen-bond acceptors (Lipinski definition) is 7. The molecule has 2 heterocycles. The number of anilines is 3. The van der Waals surface area contributed by atoms with E-state index >= 15 is 0 Å². The highest BCUT2D eigenvalue weighted by atomic mass is 19.4. The Labute approximate surface area is 227 Å². The maximum atomic E-state index is 13.4. The number of nitrogens with zero attached hydrogens (tertiary/aromatic N) is 3. The molecule has 0 aliphatic carbocycles. The number of hydrogen-bond donors (Lipinski definition) is 3. The van der Waals surface area contributed by atoms with Crippen LogP contribution in [0.3, 0.4) is 0 Å². The summed E-state index contributed by atoms with van der Waals surface area (Å²) in [5.74, 6) is -1.59. The van der Waals surface area contributed by atoms with E-state index in [4.69, 9.17) is 4.74 Å². The summed E-state index contributed by atoms with van der Waals surface area (Å²) in [6.45, 7) is 3.00. The Morgan fingerprint density at radius 3 is 2.48 bits per heavy atom. The maximum Gasteiger partial charge on any atom is 0.418 e. The fourth-order valence-electron chi connectivity index (χ4n) is 3.94. The average Bonchev–Trinajstić information content (AvgIpc) is 3.42. The molecule has 1 aromatic heterocycles. The summed E-state index contributed by atoms with van der Waals surface area (Å²) in [5.41, 5.74) is -1.35. The molecule has 3 aromatic rings. The molecule has 1 aliphatic heterocycles. The van der Waals surface area contributed by atoms with Gasteiger partial charge in [0, 0.05) is 44.0 Å². The van der Waals surface area contributed by atoms with Crippen LogP contribution in [0.15, 0.2) is 59.9 Å². The van der Waals surface area contributed by atoms with Crippen molar-refractivity contribution in [1.29, 1.82) is 0 Å². The number of halogens is 4. The molecule has 0 unspecified atom stereocenters. The van der Waals surface area contributed by atoms with Crippen LogP contribution in [0.2, 0.25) is 0 Å². The first-order valence-corrected chi connectivity index (χ1v) is 12.3. The van der Waals surface area contributed by atoms with Gasteiger partial charge in [-0.1, -0.05) is 12.1 Å². The molecule has 40 heavy (non-hydrogen) atoms. The van der Waals surface area contributed by atoms with Crippen molar-refractivity contribution >= 4 is 35.4 Å². The average molecular weight is 559 g/mol. The first-order valence-electron chi connectivity index (χ1n) is 12.3. The predicted octanol–water partition coefficient (Wildman–Crippen LogP) is 4.74. The van der Waals surface area contributed by atoms with E-state index in [2.05, 4.69) is 30.9 Å². The van der Waals surface area contributed by atoms with E-state index in [1.165, 1.54) is 18.6 Å². The zero-order valence-electron chi connectivity index (χ0n) is 21.4. The molecule has 210 valence electrons. The van der Waals surface area contributed by atoms with Crippen molar-refractivity contribution in [2.24, 2.45) is 10.4 Å². The van der Waals surface area contributed by atoms with Gasteiger partial charge in [-0.05, 0) is 49.2 Å². The molecule has 13 heteroatoms. The summed E-state index contributed by atoms with van der Waals surface area (Å²) in [5, 5.41) is 8.38. The monoisotopic (exact) mass is 558 g/mol. The van der Waals surface area contributed by atoms with Crippen molar-refractivity contribution < 1.29 is 31.9 Å². The van der Waals surface area contributed by atoms with Gasteiger partial charge in [0.1, 0.15) is 11.2 Å². The summed E-state index contributed by atoms with van der Waals surface area (Å²) in [6.07, 6.45) is -0.410. The number of carbonyl (C=O) groups is 2. The molecule has 0 bridgehead atoms. The second-order valence-corrected chi connectivity index (χ2v) is 9.04. The minimum atomic E-state index is -4.73. The Balaban J connectivity index is 1.38. The summed E-state index contributed by atoms with van der Waals surface area (Å²) in [7, 11) is 0. The number of benzene rings is 2. The van der Waals surface area contributed by atoms with Crippen molar-refractivity contribution in [2.75, 3.05) is 30.4 Å². The van der Waals surface area contributed by atoms with Gasteiger partial charge in [0.25, 0.3) is 5.91 Å². The van der Waals surface area contributed by atoms with Gasteiger partial charge in [-0.25, -0.2) is 19.4 Å². The van der Waals surface area contributed by atoms with Gasteiger partial charge in [0.05, 0.1) is 23.4 Å². The predicted molar refractivity (Wildman–Crippen MR) is 140 cm³/mol. The lowest BCUT2D eigenvalue weighted by Gasteiger charge is -2.21. The zero-order valence-corrected chi connectivity index (χ0v) is 21.4. The van der Waals surface area contributed by atoms with E-state index in [0.717, 1.165) is 12.1 Å². The van der Waals surface area contributed by atoms with Crippen LogP contribution in [0.5, 0.6) is 0 Å². The molecule has 2 aromatic carbocycles. The SMILES string of the molecule is CCNc1ncc(C(=O)N=C[C@@]2(C(=O)NCc3ccc(Nc4ccc(F)cc4C(F)(F)F)cc3)CCOC2)cn1. The van der Waals surface area contributed by atoms with Gasteiger partial charge < -0.3 is 20.7 Å². The zero-order chi connectivity index (χ0) is 28.8. The minimum Gasteiger partial charge on any atom is -0.380 e. The Morgan fingerprint density at radius 1 is 1.12 bits per heavy atom. The van der Waals surface area contributed by atoms with E-state index in [9.17, 15) is 27.2 Å². The molecule has 1 fully saturated rings. The van der Waals surface area contributed by atoms with Crippen molar-refractivity contribution in [3.63, 3.8) is 0 Å².